The molecule has 0 aliphatic carbocycles. The number of benzene rings is 1. The van der Waals surface area contributed by atoms with Crippen LogP contribution in [0.4, 0.5) is 5.69 Å². The molecule has 0 saturated heterocycles. The number of furan rings is 1. The van der Waals surface area contributed by atoms with Gasteiger partial charge in [0.1, 0.15) is 11.5 Å². The van der Waals surface area contributed by atoms with Gasteiger partial charge >= 0.3 is 0 Å². The van der Waals surface area contributed by atoms with E-state index in [0.717, 1.165) is 24.3 Å². The first-order valence-corrected chi connectivity index (χ1v) is 7.17. The van der Waals surface area contributed by atoms with E-state index in [9.17, 15) is 4.79 Å². The van der Waals surface area contributed by atoms with Crippen LogP contribution in [0.5, 0.6) is 0 Å². The minimum Gasteiger partial charge on any atom is -0.466 e. The molecule has 0 spiro atoms. The van der Waals surface area contributed by atoms with Gasteiger partial charge < -0.3 is 9.73 Å². The van der Waals surface area contributed by atoms with Crippen LogP contribution < -0.4 is 5.32 Å². The molecule has 1 heterocycles. The van der Waals surface area contributed by atoms with Crippen molar-refractivity contribution in [1.29, 1.82) is 0 Å². The van der Waals surface area contributed by atoms with E-state index in [-0.39, 0.29) is 5.91 Å². The summed E-state index contributed by atoms with van der Waals surface area (Å²) in [5, 5.41) is 2.90. The molecule has 0 radical (unpaired) electrons. The van der Waals surface area contributed by atoms with Gasteiger partial charge in [-0.25, -0.2) is 0 Å². The van der Waals surface area contributed by atoms with Crippen molar-refractivity contribution in [1.82, 2.24) is 0 Å². The van der Waals surface area contributed by atoms with E-state index >= 15 is 0 Å². The van der Waals surface area contributed by atoms with E-state index in [4.69, 9.17) is 16.0 Å². The van der Waals surface area contributed by atoms with Crippen LogP contribution in [0.15, 0.2) is 34.7 Å². The fraction of sp³-hybridized carbons (Fsp3) is 0.312. The molecule has 20 heavy (non-hydrogen) atoms. The standard InChI is InChI=1S/C16H18ClNO2/c1-11-9-15(12(2)20-11)16(19)18-14-7-3-5-13(10-14)6-4-8-17/h3,5,7,9-10H,4,6,8H2,1-2H3,(H,18,19). The average Bonchev–Trinajstić information content (AvgIpc) is 2.76. The topological polar surface area (TPSA) is 42.2 Å². The van der Waals surface area contributed by atoms with E-state index in [1.807, 2.05) is 31.2 Å². The molecular formula is C16H18ClNO2. The number of anilines is 1. The number of hydrogen-bond donors (Lipinski definition) is 1. The quantitative estimate of drug-likeness (QED) is 0.834. The second-order valence-corrected chi connectivity index (χ2v) is 5.15. The number of alkyl halides is 1. The van der Waals surface area contributed by atoms with Crippen LogP contribution in [0.25, 0.3) is 0 Å². The molecule has 1 aromatic heterocycles. The lowest BCUT2D eigenvalue weighted by Gasteiger charge is -2.06. The van der Waals surface area contributed by atoms with Gasteiger partial charge in [0.2, 0.25) is 0 Å². The monoisotopic (exact) mass is 291 g/mol. The number of aryl methyl sites for hydroxylation is 3. The van der Waals surface area contributed by atoms with Crippen LogP contribution in [0.2, 0.25) is 0 Å². The van der Waals surface area contributed by atoms with Gasteiger partial charge in [-0.3, -0.25) is 4.79 Å². The summed E-state index contributed by atoms with van der Waals surface area (Å²) in [6.07, 6.45) is 1.84. The van der Waals surface area contributed by atoms with E-state index in [0.29, 0.717) is 17.2 Å². The van der Waals surface area contributed by atoms with Gasteiger partial charge in [-0.15, -0.1) is 11.6 Å². The average molecular weight is 292 g/mol. The smallest absolute Gasteiger partial charge is 0.259 e. The number of nitrogens with one attached hydrogen (secondary N) is 1. The third-order valence-corrected chi connectivity index (χ3v) is 3.34. The highest BCUT2D eigenvalue weighted by atomic mass is 35.5. The van der Waals surface area contributed by atoms with Crippen LogP contribution in [0, 0.1) is 13.8 Å². The molecule has 3 nitrogen and oxygen atoms in total. The highest BCUT2D eigenvalue weighted by Gasteiger charge is 2.13. The van der Waals surface area contributed by atoms with Gasteiger partial charge in [-0.05, 0) is 50.5 Å². The lowest BCUT2D eigenvalue weighted by Crippen LogP contribution is -2.12. The maximum absolute atomic E-state index is 12.2. The predicted molar refractivity (Wildman–Crippen MR) is 81.6 cm³/mol. The Morgan fingerprint density at radius 1 is 1.30 bits per heavy atom. The van der Waals surface area contributed by atoms with Crippen molar-refractivity contribution in [3.63, 3.8) is 0 Å². The first kappa shape index (κ1) is 14.7. The van der Waals surface area contributed by atoms with Crippen molar-refractivity contribution in [2.45, 2.75) is 26.7 Å². The third kappa shape index (κ3) is 3.64. The molecule has 2 rings (SSSR count). The maximum Gasteiger partial charge on any atom is 0.259 e. The fourth-order valence-electron chi connectivity index (χ4n) is 2.13. The van der Waals surface area contributed by atoms with E-state index in [1.54, 1.807) is 13.0 Å². The van der Waals surface area contributed by atoms with Gasteiger partial charge in [0.05, 0.1) is 5.56 Å². The van der Waals surface area contributed by atoms with E-state index in [2.05, 4.69) is 5.32 Å². The third-order valence-electron chi connectivity index (χ3n) is 3.07. The Morgan fingerprint density at radius 2 is 2.10 bits per heavy atom. The predicted octanol–water partition coefficient (Wildman–Crippen LogP) is 4.32. The molecule has 0 fully saturated rings. The van der Waals surface area contributed by atoms with Crippen LogP contribution in [-0.2, 0) is 6.42 Å². The lowest BCUT2D eigenvalue weighted by molar-refractivity contribution is 0.102. The Bertz CT molecular complexity index is 604. The second-order valence-electron chi connectivity index (χ2n) is 4.77. The van der Waals surface area contributed by atoms with Crippen LogP contribution in [-0.4, -0.2) is 11.8 Å². The van der Waals surface area contributed by atoms with Crippen LogP contribution in [0.3, 0.4) is 0 Å². The SMILES string of the molecule is Cc1cc(C(=O)Nc2cccc(CCCCl)c2)c(C)o1. The van der Waals surface area contributed by atoms with Gasteiger partial charge in [-0.2, -0.15) is 0 Å². The molecule has 4 heteroatoms. The number of halogens is 1. The first-order valence-electron chi connectivity index (χ1n) is 6.63. The zero-order valence-electron chi connectivity index (χ0n) is 11.7. The minimum absolute atomic E-state index is 0.145. The van der Waals surface area contributed by atoms with Crippen molar-refractivity contribution in [3.05, 3.63) is 53.0 Å². The lowest BCUT2D eigenvalue weighted by atomic mass is 10.1. The second kappa shape index (κ2) is 6.62. The summed E-state index contributed by atoms with van der Waals surface area (Å²) in [5.74, 6) is 1.88. The number of amides is 1. The van der Waals surface area contributed by atoms with Gasteiger partial charge in [0.15, 0.2) is 0 Å². The number of hydrogen-bond acceptors (Lipinski definition) is 2. The minimum atomic E-state index is -0.145. The van der Waals surface area contributed by atoms with Gasteiger partial charge in [0, 0.05) is 11.6 Å². The molecule has 1 aromatic carbocycles. The van der Waals surface area contributed by atoms with Crippen molar-refractivity contribution < 1.29 is 9.21 Å². The van der Waals surface area contributed by atoms with Gasteiger partial charge in [0.25, 0.3) is 5.91 Å². The van der Waals surface area contributed by atoms with E-state index in [1.165, 1.54) is 5.56 Å². The Balaban J connectivity index is 2.09. The van der Waals surface area contributed by atoms with Gasteiger partial charge in [-0.1, -0.05) is 12.1 Å². The summed E-state index contributed by atoms with van der Waals surface area (Å²) in [6, 6.07) is 9.58. The molecule has 1 N–H and O–H groups in total. The number of rotatable bonds is 5. The summed E-state index contributed by atoms with van der Waals surface area (Å²) >= 11 is 5.70. The summed E-state index contributed by atoms with van der Waals surface area (Å²) in [5.41, 5.74) is 2.54. The Labute approximate surface area is 123 Å². The highest BCUT2D eigenvalue weighted by Crippen LogP contribution is 2.17. The summed E-state index contributed by atoms with van der Waals surface area (Å²) in [6.45, 7) is 3.62. The summed E-state index contributed by atoms with van der Waals surface area (Å²) in [4.78, 5) is 12.2. The summed E-state index contributed by atoms with van der Waals surface area (Å²) in [7, 11) is 0. The highest BCUT2D eigenvalue weighted by molar-refractivity contribution is 6.17. The van der Waals surface area contributed by atoms with Crippen molar-refractivity contribution >= 4 is 23.2 Å². The molecule has 2 aromatic rings. The zero-order chi connectivity index (χ0) is 14.5. The molecule has 1 amide bonds. The summed E-state index contributed by atoms with van der Waals surface area (Å²) < 4.78 is 5.37. The molecule has 0 aliphatic rings. The van der Waals surface area contributed by atoms with Crippen molar-refractivity contribution in [3.8, 4) is 0 Å². The Kier molecular flexibility index (Phi) is 4.85. The molecule has 0 atom stereocenters. The fourth-order valence-corrected chi connectivity index (χ4v) is 2.26. The maximum atomic E-state index is 12.2. The molecular weight excluding hydrogens is 274 g/mol. The molecule has 106 valence electrons. The first-order chi connectivity index (χ1) is 9.60. The molecule has 0 unspecified atom stereocenters. The van der Waals surface area contributed by atoms with Crippen LogP contribution in [0.1, 0.15) is 33.9 Å². The Hall–Kier alpha value is -1.74. The van der Waals surface area contributed by atoms with Crippen LogP contribution >= 0.6 is 11.6 Å². The van der Waals surface area contributed by atoms with E-state index < -0.39 is 0 Å². The molecule has 0 bridgehead atoms. The number of carbonyl (C=O) groups excluding carboxylic acids is 1. The normalized spacial score (nSPS) is 10.6. The Morgan fingerprint density at radius 3 is 2.75 bits per heavy atom. The zero-order valence-corrected chi connectivity index (χ0v) is 12.5. The largest absolute Gasteiger partial charge is 0.466 e. The number of carbonyl (C=O) groups is 1. The molecule has 0 aliphatic heterocycles. The molecule has 0 saturated carbocycles. The van der Waals surface area contributed by atoms with Crippen molar-refractivity contribution in [2.75, 3.05) is 11.2 Å². The van der Waals surface area contributed by atoms with Crippen molar-refractivity contribution in [2.24, 2.45) is 0 Å².